The summed E-state index contributed by atoms with van der Waals surface area (Å²) in [4.78, 5) is 0. The van der Waals surface area contributed by atoms with Crippen molar-refractivity contribution in [3.05, 3.63) is 163 Å². The summed E-state index contributed by atoms with van der Waals surface area (Å²) in [7, 11) is 0. The molecule has 49 heavy (non-hydrogen) atoms. The first kappa shape index (κ1) is 27.8. The van der Waals surface area contributed by atoms with Crippen molar-refractivity contribution in [1.29, 1.82) is 0 Å². The monoisotopic (exact) mass is 641 g/mol. The summed E-state index contributed by atoms with van der Waals surface area (Å²) < 4.78 is 47.3. The molecule has 0 saturated carbocycles. The average Bonchev–Trinajstić information content (AvgIpc) is 3.76. The molecule has 0 aliphatic rings. The van der Waals surface area contributed by atoms with E-state index in [0.717, 1.165) is 67.4 Å². The molecule has 0 N–H and O–H groups in total. The van der Waals surface area contributed by atoms with Gasteiger partial charge < -0.3 is 13.7 Å². The molecule has 234 valence electrons. The Bertz CT molecular complexity index is 2640. The Morgan fingerprint density at radius 1 is 0.306 bits per heavy atom. The molecular weight excluding hydrogens is 615 g/mol. The van der Waals surface area contributed by atoms with E-state index in [1.54, 1.807) is 12.1 Å². The number of benzene rings is 7. The fourth-order valence-electron chi connectivity index (χ4n) is 7.76. The van der Waals surface area contributed by atoms with Crippen LogP contribution >= 0.6 is 0 Å². The molecule has 3 aromatic heterocycles. The van der Waals surface area contributed by atoms with Gasteiger partial charge in [-0.2, -0.15) is 13.2 Å². The van der Waals surface area contributed by atoms with Crippen molar-refractivity contribution in [3.8, 4) is 17.1 Å². The van der Waals surface area contributed by atoms with E-state index in [9.17, 15) is 13.2 Å². The van der Waals surface area contributed by atoms with Crippen molar-refractivity contribution >= 4 is 65.4 Å². The zero-order chi connectivity index (χ0) is 32.9. The molecule has 10 rings (SSSR count). The van der Waals surface area contributed by atoms with Gasteiger partial charge in [0.05, 0.1) is 38.7 Å². The Labute approximate surface area is 278 Å². The van der Waals surface area contributed by atoms with Gasteiger partial charge in [0, 0.05) is 49.4 Å². The van der Waals surface area contributed by atoms with E-state index in [0.29, 0.717) is 5.69 Å². The molecule has 0 aliphatic heterocycles. The van der Waals surface area contributed by atoms with Crippen molar-refractivity contribution in [3.63, 3.8) is 0 Å². The summed E-state index contributed by atoms with van der Waals surface area (Å²) in [6.07, 6.45) is -4.41. The van der Waals surface area contributed by atoms with Gasteiger partial charge in [0.25, 0.3) is 0 Å². The van der Waals surface area contributed by atoms with Crippen molar-refractivity contribution in [2.75, 3.05) is 0 Å². The predicted octanol–water partition coefficient (Wildman–Crippen LogP) is 12.0. The number of hydrogen-bond donors (Lipinski definition) is 0. The molecule has 0 unspecified atom stereocenters. The van der Waals surface area contributed by atoms with Crippen molar-refractivity contribution in [2.45, 2.75) is 6.18 Å². The number of alkyl halides is 3. The lowest BCUT2D eigenvalue weighted by Gasteiger charge is -2.12. The van der Waals surface area contributed by atoms with Crippen LogP contribution in [0.1, 0.15) is 5.56 Å². The number of rotatable bonds is 3. The van der Waals surface area contributed by atoms with E-state index in [1.165, 1.54) is 21.5 Å². The molecule has 10 aromatic rings. The molecule has 0 aliphatic carbocycles. The Morgan fingerprint density at radius 3 is 0.980 bits per heavy atom. The van der Waals surface area contributed by atoms with Crippen LogP contribution in [0.2, 0.25) is 0 Å². The first-order valence-corrected chi connectivity index (χ1v) is 16.2. The molecule has 6 heteroatoms. The summed E-state index contributed by atoms with van der Waals surface area (Å²) in [6, 6.07) is 52.0. The van der Waals surface area contributed by atoms with Crippen molar-refractivity contribution < 1.29 is 13.2 Å². The van der Waals surface area contributed by atoms with Crippen molar-refractivity contribution in [2.24, 2.45) is 0 Å². The average molecular weight is 642 g/mol. The highest BCUT2D eigenvalue weighted by molar-refractivity contribution is 6.14. The van der Waals surface area contributed by atoms with E-state index in [1.807, 2.05) is 0 Å². The largest absolute Gasteiger partial charge is 0.416 e. The second-order valence-electron chi connectivity index (χ2n) is 12.5. The zero-order valence-corrected chi connectivity index (χ0v) is 26.0. The van der Waals surface area contributed by atoms with Gasteiger partial charge in [0.1, 0.15) is 0 Å². The fraction of sp³-hybridized carbons (Fsp3) is 0.0233. The van der Waals surface area contributed by atoms with E-state index < -0.39 is 11.7 Å². The molecule has 0 spiro atoms. The normalized spacial score (nSPS) is 12.4. The maximum atomic E-state index is 13.6. The third-order valence-corrected chi connectivity index (χ3v) is 9.86. The molecule has 0 saturated heterocycles. The van der Waals surface area contributed by atoms with Crippen LogP contribution in [-0.2, 0) is 6.18 Å². The Hall–Kier alpha value is -6.27. The molecule has 3 nitrogen and oxygen atoms in total. The quantitative estimate of drug-likeness (QED) is 0.182. The highest BCUT2D eigenvalue weighted by Gasteiger charge is 2.30. The maximum Gasteiger partial charge on any atom is 0.416 e. The van der Waals surface area contributed by atoms with Gasteiger partial charge in [-0.15, -0.1) is 0 Å². The van der Waals surface area contributed by atoms with Crippen LogP contribution in [0.3, 0.4) is 0 Å². The van der Waals surface area contributed by atoms with Gasteiger partial charge in [-0.1, -0.05) is 72.8 Å². The van der Waals surface area contributed by atoms with E-state index in [4.69, 9.17) is 0 Å². The molecule has 3 heterocycles. The van der Waals surface area contributed by atoms with Gasteiger partial charge in [-0.25, -0.2) is 0 Å². The van der Waals surface area contributed by atoms with E-state index in [-0.39, 0.29) is 0 Å². The number of hydrogen-bond acceptors (Lipinski definition) is 0. The number of halogens is 3. The highest BCUT2D eigenvalue weighted by atomic mass is 19.4. The first-order chi connectivity index (χ1) is 24.0. The van der Waals surface area contributed by atoms with Gasteiger partial charge in [0.15, 0.2) is 0 Å². The molecule has 0 atom stereocenters. The highest BCUT2D eigenvalue weighted by Crippen LogP contribution is 2.40. The number of nitrogens with zero attached hydrogens (tertiary/aromatic N) is 3. The van der Waals surface area contributed by atoms with Crippen LogP contribution in [0, 0.1) is 0 Å². The zero-order valence-electron chi connectivity index (χ0n) is 26.0. The lowest BCUT2D eigenvalue weighted by atomic mass is 10.1. The van der Waals surface area contributed by atoms with Crippen LogP contribution in [0.4, 0.5) is 13.2 Å². The summed E-state index contributed by atoms with van der Waals surface area (Å²) >= 11 is 0. The summed E-state index contributed by atoms with van der Waals surface area (Å²) in [5.41, 5.74) is 8.30. The number of para-hydroxylation sites is 4. The molecule has 7 aromatic carbocycles. The lowest BCUT2D eigenvalue weighted by Crippen LogP contribution is -2.05. The minimum atomic E-state index is -4.41. The third kappa shape index (κ3) is 4.04. The van der Waals surface area contributed by atoms with Crippen LogP contribution in [0.5, 0.6) is 0 Å². The molecule has 0 radical (unpaired) electrons. The maximum absolute atomic E-state index is 13.6. The first-order valence-electron chi connectivity index (χ1n) is 16.2. The van der Waals surface area contributed by atoms with Gasteiger partial charge in [0.2, 0.25) is 0 Å². The summed E-state index contributed by atoms with van der Waals surface area (Å²) in [5, 5.41) is 6.74. The van der Waals surface area contributed by atoms with Crippen LogP contribution in [0.25, 0.3) is 82.5 Å². The van der Waals surface area contributed by atoms with Crippen LogP contribution in [-0.4, -0.2) is 13.7 Å². The van der Waals surface area contributed by atoms with Crippen LogP contribution < -0.4 is 0 Å². The van der Waals surface area contributed by atoms with Crippen molar-refractivity contribution in [1.82, 2.24) is 13.7 Å². The number of aromatic nitrogens is 3. The van der Waals surface area contributed by atoms with Gasteiger partial charge in [-0.3, -0.25) is 0 Å². The SMILES string of the molecule is FC(F)(F)c1ccc(-n2c3ccc(-n4c5ccccc5c5ccccc54)cc3c3cc(-n4c5ccccc5c5ccccc54)ccc32)cc1. The lowest BCUT2D eigenvalue weighted by molar-refractivity contribution is -0.137. The minimum Gasteiger partial charge on any atom is -0.309 e. The van der Waals surface area contributed by atoms with Gasteiger partial charge in [-0.05, 0) is 84.9 Å². The molecule has 0 amide bonds. The van der Waals surface area contributed by atoms with Gasteiger partial charge >= 0.3 is 6.18 Å². The summed E-state index contributed by atoms with van der Waals surface area (Å²) in [5.74, 6) is 0. The topological polar surface area (TPSA) is 14.8 Å². The van der Waals surface area contributed by atoms with E-state index in [2.05, 4.69) is 147 Å². The summed E-state index contributed by atoms with van der Waals surface area (Å²) in [6.45, 7) is 0. The van der Waals surface area contributed by atoms with Crippen LogP contribution in [0.15, 0.2) is 158 Å². The number of fused-ring (bicyclic) bond motifs is 9. The molecular formula is C43H26F3N3. The van der Waals surface area contributed by atoms with E-state index >= 15 is 0 Å². The second-order valence-corrected chi connectivity index (χ2v) is 12.5. The third-order valence-electron chi connectivity index (χ3n) is 9.86. The Balaban J connectivity index is 1.28. The predicted molar refractivity (Wildman–Crippen MR) is 194 cm³/mol. The Kier molecular flexibility index (Phi) is 5.74. The second kappa shape index (κ2) is 10.1. The molecule has 0 fully saturated rings. The minimum absolute atomic E-state index is 0.667. The Morgan fingerprint density at radius 2 is 0.612 bits per heavy atom. The fourth-order valence-corrected chi connectivity index (χ4v) is 7.76. The molecule has 0 bridgehead atoms. The smallest absolute Gasteiger partial charge is 0.309 e. The standard InChI is InChI=1S/C43H26F3N3/c44-43(45,46)27-17-19-28(20-18-27)47-41-23-21-29(48-37-13-5-1-9-31(37)32-10-2-6-14-38(32)48)25-35(41)36-26-30(22-24-42(36)47)49-39-15-7-3-11-33(39)34-12-4-8-16-40(34)49/h1-26H.